The highest BCUT2D eigenvalue weighted by atomic mass is 16.3. The number of phenolic OH excluding ortho intramolecular Hbond substituents is 1. The summed E-state index contributed by atoms with van der Waals surface area (Å²) >= 11 is 0. The molecule has 4 nitrogen and oxygen atoms in total. The van der Waals surface area contributed by atoms with Crippen LogP contribution in [0.1, 0.15) is 0 Å². The fraction of sp³-hybridized carbons (Fsp3) is 0. The summed E-state index contributed by atoms with van der Waals surface area (Å²) in [7, 11) is 0. The van der Waals surface area contributed by atoms with Crippen molar-refractivity contribution in [3.8, 4) is 16.9 Å². The van der Waals surface area contributed by atoms with Crippen LogP contribution in [-0.4, -0.2) is 15.3 Å². The van der Waals surface area contributed by atoms with E-state index in [0.717, 1.165) is 10.8 Å². The number of rotatable bonds is 1. The molecular formula is C13H11N3O. The first-order valence-corrected chi connectivity index (χ1v) is 5.26. The second kappa shape index (κ2) is 3.52. The van der Waals surface area contributed by atoms with E-state index in [4.69, 9.17) is 5.73 Å². The van der Waals surface area contributed by atoms with Gasteiger partial charge in [0.15, 0.2) is 0 Å². The Morgan fingerprint density at radius 2 is 1.76 bits per heavy atom. The lowest BCUT2D eigenvalue weighted by Gasteiger charge is -2.05. The van der Waals surface area contributed by atoms with E-state index >= 15 is 0 Å². The Kier molecular flexibility index (Phi) is 2.01. The minimum atomic E-state index is 0.205. The van der Waals surface area contributed by atoms with E-state index in [2.05, 4.69) is 10.2 Å². The quantitative estimate of drug-likeness (QED) is 0.595. The third-order valence-electron chi connectivity index (χ3n) is 2.82. The number of anilines is 1. The number of nitrogens with two attached hydrogens (primary N) is 1. The van der Waals surface area contributed by atoms with Crippen LogP contribution in [0.25, 0.3) is 21.9 Å². The first-order chi connectivity index (χ1) is 8.25. The molecule has 1 aromatic heterocycles. The number of nitrogen functional groups attached to an aromatic ring is 1. The molecule has 4 N–H and O–H groups in total. The van der Waals surface area contributed by atoms with Crippen LogP contribution in [-0.2, 0) is 0 Å². The summed E-state index contributed by atoms with van der Waals surface area (Å²) in [5.74, 6) is 0.660. The van der Waals surface area contributed by atoms with Crippen molar-refractivity contribution in [2.24, 2.45) is 0 Å². The zero-order valence-corrected chi connectivity index (χ0v) is 9.01. The summed E-state index contributed by atoms with van der Waals surface area (Å²) in [6.07, 6.45) is 1.61. The van der Waals surface area contributed by atoms with Crippen LogP contribution in [0, 0.1) is 0 Å². The van der Waals surface area contributed by atoms with E-state index in [0.29, 0.717) is 16.9 Å². The maximum Gasteiger partial charge on any atom is 0.126 e. The molecule has 2 aromatic carbocycles. The molecular weight excluding hydrogens is 214 g/mol. The van der Waals surface area contributed by atoms with Crippen LogP contribution >= 0.6 is 0 Å². The zero-order chi connectivity index (χ0) is 11.8. The molecule has 0 bridgehead atoms. The van der Waals surface area contributed by atoms with Gasteiger partial charge < -0.3 is 10.8 Å². The first-order valence-electron chi connectivity index (χ1n) is 5.26. The summed E-state index contributed by atoms with van der Waals surface area (Å²) < 4.78 is 0. The van der Waals surface area contributed by atoms with Crippen LogP contribution in [0.5, 0.6) is 5.75 Å². The SMILES string of the molecule is Nc1[nH]ncc1-c1cc2ccccc2cc1O. The van der Waals surface area contributed by atoms with Crippen molar-refractivity contribution in [3.05, 3.63) is 42.6 Å². The average Bonchev–Trinajstić information content (AvgIpc) is 2.74. The molecule has 0 radical (unpaired) electrons. The van der Waals surface area contributed by atoms with Crippen molar-refractivity contribution in [1.82, 2.24) is 10.2 Å². The smallest absolute Gasteiger partial charge is 0.126 e. The molecule has 0 saturated heterocycles. The molecule has 0 aliphatic carbocycles. The molecule has 0 aliphatic rings. The minimum absolute atomic E-state index is 0.205. The largest absolute Gasteiger partial charge is 0.507 e. The van der Waals surface area contributed by atoms with Crippen molar-refractivity contribution < 1.29 is 5.11 Å². The lowest BCUT2D eigenvalue weighted by atomic mass is 10.0. The van der Waals surface area contributed by atoms with Crippen molar-refractivity contribution >= 4 is 16.6 Å². The number of aromatic amines is 1. The molecule has 0 saturated carbocycles. The third kappa shape index (κ3) is 1.50. The Labute approximate surface area is 97.7 Å². The number of hydrogen-bond donors (Lipinski definition) is 3. The van der Waals surface area contributed by atoms with Crippen LogP contribution < -0.4 is 5.73 Å². The second-order valence-electron chi connectivity index (χ2n) is 3.91. The molecule has 84 valence electrons. The van der Waals surface area contributed by atoms with Crippen LogP contribution in [0.4, 0.5) is 5.82 Å². The predicted octanol–water partition coefficient (Wildman–Crippen LogP) is 2.52. The molecule has 0 aliphatic heterocycles. The van der Waals surface area contributed by atoms with Gasteiger partial charge in [0, 0.05) is 11.1 Å². The molecule has 17 heavy (non-hydrogen) atoms. The molecule has 3 aromatic rings. The topological polar surface area (TPSA) is 74.9 Å². The van der Waals surface area contributed by atoms with E-state index in [1.54, 1.807) is 12.3 Å². The molecule has 0 amide bonds. The minimum Gasteiger partial charge on any atom is -0.507 e. The maximum atomic E-state index is 10.0. The lowest BCUT2D eigenvalue weighted by Crippen LogP contribution is -1.88. The highest BCUT2D eigenvalue weighted by Crippen LogP contribution is 2.35. The fourth-order valence-corrected chi connectivity index (χ4v) is 1.95. The summed E-state index contributed by atoms with van der Waals surface area (Å²) in [4.78, 5) is 0. The molecule has 4 heteroatoms. The van der Waals surface area contributed by atoms with Gasteiger partial charge in [0.05, 0.1) is 6.20 Å². The number of aromatic nitrogens is 2. The summed E-state index contributed by atoms with van der Waals surface area (Å²) in [5.41, 5.74) is 7.16. The van der Waals surface area contributed by atoms with Gasteiger partial charge >= 0.3 is 0 Å². The Morgan fingerprint density at radius 1 is 1.06 bits per heavy atom. The summed E-state index contributed by atoms with van der Waals surface area (Å²) in [6.45, 7) is 0. The number of benzene rings is 2. The maximum absolute atomic E-state index is 10.0. The predicted molar refractivity (Wildman–Crippen MR) is 67.6 cm³/mol. The van der Waals surface area contributed by atoms with Gasteiger partial charge in [0.25, 0.3) is 0 Å². The second-order valence-corrected chi connectivity index (χ2v) is 3.91. The van der Waals surface area contributed by atoms with Gasteiger partial charge in [0.2, 0.25) is 0 Å². The van der Waals surface area contributed by atoms with E-state index in [1.807, 2.05) is 30.3 Å². The van der Waals surface area contributed by atoms with E-state index in [1.165, 1.54) is 0 Å². The van der Waals surface area contributed by atoms with Gasteiger partial charge in [-0.05, 0) is 22.9 Å². The van der Waals surface area contributed by atoms with Gasteiger partial charge in [-0.2, -0.15) is 5.10 Å². The number of hydrogen-bond acceptors (Lipinski definition) is 3. The Balaban J connectivity index is 2.30. The van der Waals surface area contributed by atoms with E-state index < -0.39 is 0 Å². The number of nitrogens with one attached hydrogen (secondary N) is 1. The number of nitrogens with zero attached hydrogens (tertiary/aromatic N) is 1. The molecule has 3 rings (SSSR count). The van der Waals surface area contributed by atoms with Crippen molar-refractivity contribution in [3.63, 3.8) is 0 Å². The number of aromatic hydroxyl groups is 1. The summed E-state index contributed by atoms with van der Waals surface area (Å²) in [5, 5.41) is 18.6. The number of phenols is 1. The molecule has 0 atom stereocenters. The molecule has 1 heterocycles. The van der Waals surface area contributed by atoms with Gasteiger partial charge in [-0.15, -0.1) is 0 Å². The van der Waals surface area contributed by atoms with Crippen molar-refractivity contribution in [2.45, 2.75) is 0 Å². The summed E-state index contributed by atoms with van der Waals surface area (Å²) in [6, 6.07) is 11.5. The van der Waals surface area contributed by atoms with Gasteiger partial charge in [-0.3, -0.25) is 5.10 Å². The number of fused-ring (bicyclic) bond motifs is 1. The van der Waals surface area contributed by atoms with Crippen LogP contribution in [0.15, 0.2) is 42.6 Å². The monoisotopic (exact) mass is 225 g/mol. The fourth-order valence-electron chi connectivity index (χ4n) is 1.95. The average molecular weight is 225 g/mol. The van der Waals surface area contributed by atoms with Crippen molar-refractivity contribution in [1.29, 1.82) is 0 Å². The third-order valence-corrected chi connectivity index (χ3v) is 2.82. The van der Waals surface area contributed by atoms with Crippen LogP contribution in [0.3, 0.4) is 0 Å². The highest BCUT2D eigenvalue weighted by molar-refractivity contribution is 5.92. The Hall–Kier alpha value is -2.49. The van der Waals surface area contributed by atoms with Crippen molar-refractivity contribution in [2.75, 3.05) is 5.73 Å². The Morgan fingerprint density at radius 3 is 2.41 bits per heavy atom. The lowest BCUT2D eigenvalue weighted by molar-refractivity contribution is 0.478. The Bertz CT molecular complexity index is 688. The standard InChI is InChI=1S/C13H11N3O/c14-13-11(7-15-16-13)10-5-8-3-1-2-4-9(8)6-12(10)17/h1-7,17H,(H3,14,15,16). The highest BCUT2D eigenvalue weighted by Gasteiger charge is 2.10. The molecule has 0 unspecified atom stereocenters. The van der Waals surface area contributed by atoms with Crippen LogP contribution in [0.2, 0.25) is 0 Å². The number of H-pyrrole nitrogens is 1. The molecule has 0 fully saturated rings. The van der Waals surface area contributed by atoms with E-state index in [-0.39, 0.29) is 5.75 Å². The first kappa shape index (κ1) is 9.72. The zero-order valence-electron chi connectivity index (χ0n) is 9.01. The van der Waals surface area contributed by atoms with Gasteiger partial charge in [-0.1, -0.05) is 24.3 Å². The van der Waals surface area contributed by atoms with E-state index in [9.17, 15) is 5.11 Å². The molecule has 0 spiro atoms. The normalized spacial score (nSPS) is 10.8. The van der Waals surface area contributed by atoms with Gasteiger partial charge in [-0.25, -0.2) is 0 Å². The van der Waals surface area contributed by atoms with Gasteiger partial charge in [0.1, 0.15) is 11.6 Å².